The molecule has 2 aromatic heterocycles. The van der Waals surface area contributed by atoms with Gasteiger partial charge < -0.3 is 39.6 Å². The van der Waals surface area contributed by atoms with Crippen molar-refractivity contribution in [1.29, 1.82) is 0 Å². The van der Waals surface area contributed by atoms with Crippen LogP contribution in [0.3, 0.4) is 0 Å². The van der Waals surface area contributed by atoms with Crippen LogP contribution in [0.5, 0.6) is 0 Å². The Kier molecular flexibility index (Phi) is 13.5. The molecule has 8 amide bonds. The number of aryl methyl sites for hydroxylation is 1. The van der Waals surface area contributed by atoms with Crippen molar-refractivity contribution in [2.45, 2.75) is 126 Å². The number of anilines is 4. The number of aliphatic carboxylic acids is 2. The lowest BCUT2D eigenvalue weighted by Crippen LogP contribution is -2.68. The van der Waals surface area contributed by atoms with E-state index in [0.717, 1.165) is 34.4 Å². The zero-order chi connectivity index (χ0) is 54.0. The maximum atomic E-state index is 15.5. The van der Waals surface area contributed by atoms with Gasteiger partial charge in [-0.2, -0.15) is 11.3 Å². The summed E-state index contributed by atoms with van der Waals surface area (Å²) in [7, 11) is 0. The van der Waals surface area contributed by atoms with Crippen LogP contribution in [-0.2, 0) is 22.7 Å². The average Bonchev–Trinajstić information content (AvgIpc) is 4.21. The molecule has 18 heteroatoms. The van der Waals surface area contributed by atoms with Crippen LogP contribution in [0.2, 0.25) is 0 Å². The van der Waals surface area contributed by atoms with E-state index in [0.29, 0.717) is 67.9 Å². The van der Waals surface area contributed by atoms with Gasteiger partial charge in [0, 0.05) is 48.6 Å². The van der Waals surface area contributed by atoms with Crippen molar-refractivity contribution in [3.63, 3.8) is 0 Å². The number of carboxylic acids is 2. The van der Waals surface area contributed by atoms with Gasteiger partial charge in [0.25, 0.3) is 0 Å². The monoisotopic (exact) mass is 1090 g/mol. The first kappa shape index (κ1) is 51.1. The van der Waals surface area contributed by atoms with Crippen LogP contribution in [0.4, 0.5) is 41.9 Å². The van der Waals surface area contributed by atoms with Gasteiger partial charge in [0.05, 0.1) is 46.9 Å². The van der Waals surface area contributed by atoms with Crippen LogP contribution in [-0.4, -0.2) is 137 Å². The normalized spacial score (nSPS) is 24.3. The molecule has 8 atom stereocenters. The number of piperazine rings is 2. The van der Waals surface area contributed by atoms with Gasteiger partial charge in [0.1, 0.15) is 0 Å². The molecule has 6 heterocycles. The van der Waals surface area contributed by atoms with Crippen LogP contribution in [0.25, 0.3) is 0 Å². The van der Waals surface area contributed by atoms with E-state index in [1.807, 2.05) is 154 Å². The number of carbonyl (C=O) groups is 6. The lowest BCUT2D eigenvalue weighted by molar-refractivity contribution is -0.146. The number of amides is 8. The summed E-state index contributed by atoms with van der Waals surface area (Å²) in [5.41, 5.74) is 4.84. The molecular weight excluding hydrogens is 1020 g/mol. The number of benzene rings is 4. The summed E-state index contributed by atoms with van der Waals surface area (Å²) in [6.07, 6.45) is 4.33. The third-order valence-corrected chi connectivity index (χ3v) is 18.7. The number of hydrogen-bond donors (Lipinski definition) is 2. The third kappa shape index (κ3) is 9.41. The molecule has 4 aromatic carbocycles. The Morgan fingerprint density at radius 3 is 1.60 bits per heavy atom. The highest BCUT2D eigenvalue weighted by Gasteiger charge is 2.58. The summed E-state index contributed by atoms with van der Waals surface area (Å²) in [4.78, 5) is 102. The van der Waals surface area contributed by atoms with Crippen LogP contribution in [0.1, 0.15) is 79.4 Å². The number of hydrogen-bond acceptors (Lipinski definition) is 8. The van der Waals surface area contributed by atoms with Crippen LogP contribution in [0, 0.1) is 6.92 Å². The molecule has 2 N–H and O–H groups in total. The van der Waals surface area contributed by atoms with E-state index in [1.54, 1.807) is 42.3 Å². The highest BCUT2D eigenvalue weighted by atomic mass is 32.1. The fourth-order valence-electron chi connectivity index (χ4n) is 12.9. The Morgan fingerprint density at radius 1 is 0.590 bits per heavy atom. The van der Waals surface area contributed by atoms with Gasteiger partial charge in [-0.15, -0.1) is 11.3 Å². The number of carbonyl (C=O) groups excluding carboxylic acids is 4. The molecule has 78 heavy (non-hydrogen) atoms. The number of urea groups is 4. The summed E-state index contributed by atoms with van der Waals surface area (Å²) in [6, 6.07) is 32.7. The number of fused-ring (bicyclic) bond motifs is 4. The highest BCUT2D eigenvalue weighted by Crippen LogP contribution is 2.49. The minimum absolute atomic E-state index is 0.0438. The van der Waals surface area contributed by atoms with Crippen molar-refractivity contribution in [3.05, 3.63) is 165 Å². The minimum Gasteiger partial charge on any atom is -0.480 e. The molecule has 2 saturated carbocycles. The Morgan fingerprint density at radius 2 is 1.12 bits per heavy atom. The number of likely N-dealkylation sites (tertiary alicyclic amines) is 2. The van der Waals surface area contributed by atoms with Crippen molar-refractivity contribution in [2.75, 3.05) is 22.9 Å². The van der Waals surface area contributed by atoms with Gasteiger partial charge in [0.15, 0.2) is 12.1 Å². The molecule has 4 bridgehead atoms. The van der Waals surface area contributed by atoms with Gasteiger partial charge in [-0.25, -0.2) is 28.8 Å². The summed E-state index contributed by atoms with van der Waals surface area (Å²) >= 11 is 3.17. The Hall–Kier alpha value is -7.70. The summed E-state index contributed by atoms with van der Waals surface area (Å²) < 4.78 is 0. The van der Waals surface area contributed by atoms with Crippen LogP contribution >= 0.6 is 22.7 Å². The summed E-state index contributed by atoms with van der Waals surface area (Å²) in [5, 5.41) is 28.1. The van der Waals surface area contributed by atoms with Gasteiger partial charge in [0.2, 0.25) is 0 Å². The molecule has 402 valence electrons. The Labute approximate surface area is 461 Å². The second-order valence-corrected chi connectivity index (χ2v) is 23.9. The van der Waals surface area contributed by atoms with E-state index in [4.69, 9.17) is 0 Å². The van der Waals surface area contributed by atoms with E-state index < -0.39 is 54.2 Å². The molecule has 6 aromatic rings. The lowest BCUT2D eigenvalue weighted by atomic mass is 10.0. The maximum absolute atomic E-state index is 15.5. The minimum atomic E-state index is -1.30. The molecule has 16 nitrogen and oxygen atoms in total. The second kappa shape index (κ2) is 20.6. The van der Waals surface area contributed by atoms with Crippen LogP contribution < -0.4 is 9.80 Å². The molecule has 4 saturated heterocycles. The SMILES string of the molecule is Cc1cc(CN(C(=O)N2[C@H]3CC[C@@H]2[C@@H](C(=O)O)N(C(=O)N(c2ccccc2)c2ccccc2)C3)C2CC2c2cccc(N(C(=O)N3C[C@@H]4CC[C@H]([C@H]3C(=O)O)N4C(=O)N(Cc3ccsc3)C3(C)CC3)c3ccccc3)c2)cs1. The highest BCUT2D eigenvalue weighted by molar-refractivity contribution is 7.10. The fraction of sp³-hybridized carbons (Fsp3) is 0.367. The number of thiophene rings is 2. The fourth-order valence-corrected chi connectivity index (χ4v) is 14.2. The predicted molar refractivity (Wildman–Crippen MR) is 298 cm³/mol. The number of nitrogens with zero attached hydrogens (tertiary/aromatic N) is 8. The van der Waals surface area contributed by atoms with Gasteiger partial charge in [-0.1, -0.05) is 66.7 Å². The topological polar surface area (TPSA) is 169 Å². The molecule has 12 rings (SSSR count). The zero-order valence-corrected chi connectivity index (χ0v) is 45.1. The van der Waals surface area contributed by atoms with Crippen molar-refractivity contribution in [2.24, 2.45) is 0 Å². The molecule has 4 aliphatic heterocycles. The van der Waals surface area contributed by atoms with E-state index in [9.17, 15) is 29.4 Å². The van der Waals surface area contributed by atoms with Gasteiger partial charge >= 0.3 is 36.1 Å². The maximum Gasteiger partial charge on any atom is 0.329 e. The molecular formula is C60H62N8O8S2. The Balaban J connectivity index is 0.818. The molecule has 2 unspecified atom stereocenters. The number of para-hydroxylation sites is 3. The molecule has 2 aliphatic carbocycles. The molecule has 0 spiro atoms. The first-order valence-corrected chi connectivity index (χ1v) is 28.8. The van der Waals surface area contributed by atoms with E-state index >= 15 is 9.59 Å². The third-order valence-electron chi connectivity index (χ3n) is 17.0. The average molecular weight is 1090 g/mol. The summed E-state index contributed by atoms with van der Waals surface area (Å²) in [6.45, 7) is 4.94. The van der Waals surface area contributed by atoms with Crippen LogP contribution in [0.15, 0.2) is 144 Å². The molecule has 6 aliphatic rings. The van der Waals surface area contributed by atoms with Crippen molar-refractivity contribution >= 4 is 81.5 Å². The van der Waals surface area contributed by atoms with Crippen molar-refractivity contribution < 1.29 is 39.0 Å². The quantitative estimate of drug-likeness (QED) is 0.115. The Bertz CT molecular complexity index is 3190. The largest absolute Gasteiger partial charge is 0.480 e. The zero-order valence-electron chi connectivity index (χ0n) is 43.5. The molecule has 6 fully saturated rings. The standard InChI is InChI=1S/C60H62N8O8S2/c1-38-29-40(37-78-38)32-61(56(73)67-46-21-23-49(67)52(54(69)70)62(34-46)57(74)65(42-14-6-3-7-15-42)43-16-8-4-9-17-43)51-31-48(51)41-13-12-20-45(30-41)66(44-18-10-5-11-19-44)58(75)63-35-47-22-24-50(53(63)55(71)72)68(47)59(76)64(60(2)26-27-60)33-39-25-28-77-36-39/h3-20,25,28-30,36-37,46-53H,21-24,26-27,31-35H2,1-2H3,(H,69,70)(H,71,72)/t46-,47-,48?,49+,50+,51?,52-,53-/m0/s1. The van der Waals surface area contributed by atoms with Gasteiger partial charge in [-0.3, -0.25) is 9.80 Å². The van der Waals surface area contributed by atoms with Gasteiger partial charge in [-0.05, 0) is 152 Å². The molecule has 0 radical (unpaired) electrons. The lowest BCUT2D eigenvalue weighted by Gasteiger charge is -2.48. The summed E-state index contributed by atoms with van der Waals surface area (Å²) in [5.74, 6) is -2.49. The smallest absolute Gasteiger partial charge is 0.329 e. The van der Waals surface area contributed by atoms with Crippen molar-refractivity contribution in [3.8, 4) is 0 Å². The number of rotatable bonds is 13. The van der Waals surface area contributed by atoms with Crippen molar-refractivity contribution in [1.82, 2.24) is 29.4 Å². The van der Waals surface area contributed by atoms with E-state index in [1.165, 1.54) is 9.80 Å². The first-order chi connectivity index (χ1) is 37.8. The second-order valence-electron chi connectivity index (χ2n) is 22.0. The first-order valence-electron chi connectivity index (χ1n) is 26.9. The number of carboxylic acid groups (broad SMARTS) is 2. The predicted octanol–water partition coefficient (Wildman–Crippen LogP) is 11.2. The van der Waals surface area contributed by atoms with E-state index in [2.05, 4.69) is 13.0 Å². The van der Waals surface area contributed by atoms with E-state index in [-0.39, 0.29) is 48.7 Å².